The maximum absolute atomic E-state index is 12.3. The lowest BCUT2D eigenvalue weighted by Gasteiger charge is -2.29. The first-order chi connectivity index (χ1) is 9.37. The molecule has 112 valence electrons. The van der Waals surface area contributed by atoms with Crippen LogP contribution in [0.4, 0.5) is 0 Å². The number of esters is 1. The summed E-state index contributed by atoms with van der Waals surface area (Å²) in [6, 6.07) is 0.400. The Morgan fingerprint density at radius 2 is 2.20 bits per heavy atom. The maximum Gasteiger partial charge on any atom is 0.327 e. The van der Waals surface area contributed by atoms with Crippen LogP contribution in [-0.4, -0.2) is 33.9 Å². The maximum atomic E-state index is 12.3. The van der Waals surface area contributed by atoms with E-state index in [0.29, 0.717) is 24.2 Å². The van der Waals surface area contributed by atoms with Gasteiger partial charge in [0.1, 0.15) is 5.54 Å². The van der Waals surface area contributed by atoms with E-state index in [4.69, 9.17) is 16.3 Å². The monoisotopic (exact) mass is 299 g/mol. The number of hydrogen-bond acceptors (Lipinski definition) is 4. The van der Waals surface area contributed by atoms with Crippen LogP contribution in [0.25, 0.3) is 0 Å². The Labute approximate surface area is 124 Å². The average molecular weight is 300 g/mol. The number of rotatable bonds is 6. The van der Waals surface area contributed by atoms with E-state index in [-0.39, 0.29) is 5.97 Å². The number of nitrogens with one attached hydrogen (secondary N) is 1. The van der Waals surface area contributed by atoms with Crippen molar-refractivity contribution >= 4 is 17.6 Å². The van der Waals surface area contributed by atoms with Gasteiger partial charge in [-0.1, -0.05) is 11.6 Å². The third kappa shape index (κ3) is 3.15. The molecule has 0 aromatic carbocycles. The second-order valence-electron chi connectivity index (χ2n) is 5.61. The number of ether oxygens (including phenoxy) is 1. The van der Waals surface area contributed by atoms with Gasteiger partial charge in [0, 0.05) is 6.04 Å². The summed E-state index contributed by atoms with van der Waals surface area (Å²) < 4.78 is 6.99. The van der Waals surface area contributed by atoms with E-state index < -0.39 is 5.54 Å². The Kier molecular flexibility index (Phi) is 4.39. The highest BCUT2D eigenvalue weighted by Crippen LogP contribution is 2.26. The molecule has 1 fully saturated rings. The summed E-state index contributed by atoms with van der Waals surface area (Å²) in [6.45, 7) is 8.25. The van der Waals surface area contributed by atoms with E-state index in [1.54, 1.807) is 4.68 Å². The minimum atomic E-state index is -0.774. The number of nitrogens with zero attached hydrogens (tertiary/aromatic N) is 2. The van der Waals surface area contributed by atoms with E-state index in [9.17, 15) is 4.79 Å². The molecule has 2 rings (SSSR count). The van der Waals surface area contributed by atoms with Crippen molar-refractivity contribution in [3.63, 3.8) is 0 Å². The van der Waals surface area contributed by atoms with Crippen molar-refractivity contribution in [2.24, 2.45) is 0 Å². The van der Waals surface area contributed by atoms with E-state index in [2.05, 4.69) is 10.4 Å². The van der Waals surface area contributed by atoms with Crippen LogP contribution in [0.3, 0.4) is 0 Å². The van der Waals surface area contributed by atoms with Crippen molar-refractivity contribution in [1.82, 2.24) is 15.1 Å². The summed E-state index contributed by atoms with van der Waals surface area (Å²) in [6.07, 6.45) is 2.21. The van der Waals surface area contributed by atoms with Gasteiger partial charge in [0.05, 0.1) is 29.6 Å². The van der Waals surface area contributed by atoms with Gasteiger partial charge in [0.15, 0.2) is 0 Å². The van der Waals surface area contributed by atoms with Gasteiger partial charge in [-0.25, -0.2) is 4.79 Å². The number of hydrogen-bond donors (Lipinski definition) is 1. The van der Waals surface area contributed by atoms with Crippen LogP contribution in [0.2, 0.25) is 5.02 Å². The van der Waals surface area contributed by atoms with Crippen molar-refractivity contribution in [1.29, 1.82) is 0 Å². The highest BCUT2D eigenvalue weighted by atomic mass is 35.5. The Balaban J connectivity index is 2.22. The molecular formula is C14H22ClN3O2. The SMILES string of the molecule is CCOC(=O)C(C)(Cn1nc(C)c(Cl)c1C)NC1CC1. The Morgan fingerprint density at radius 1 is 1.55 bits per heavy atom. The molecule has 0 saturated heterocycles. The molecule has 1 heterocycles. The van der Waals surface area contributed by atoms with Gasteiger partial charge in [0.2, 0.25) is 0 Å². The lowest BCUT2D eigenvalue weighted by atomic mass is 10.0. The summed E-state index contributed by atoms with van der Waals surface area (Å²) in [5.74, 6) is -0.240. The topological polar surface area (TPSA) is 56.2 Å². The zero-order chi connectivity index (χ0) is 14.9. The van der Waals surface area contributed by atoms with Crippen molar-refractivity contribution in [3.05, 3.63) is 16.4 Å². The van der Waals surface area contributed by atoms with E-state index in [1.807, 2.05) is 27.7 Å². The minimum absolute atomic E-state index is 0.240. The number of carbonyl (C=O) groups is 1. The molecule has 6 heteroatoms. The molecule has 0 bridgehead atoms. The molecule has 1 aliphatic rings. The molecule has 0 aliphatic heterocycles. The van der Waals surface area contributed by atoms with Gasteiger partial charge in [-0.05, 0) is 40.5 Å². The standard InChI is InChI=1S/C14H22ClN3O2/c1-5-20-13(19)14(4,16-11-6-7-11)8-18-10(3)12(15)9(2)17-18/h11,16H,5-8H2,1-4H3. The van der Waals surface area contributed by atoms with Crippen LogP contribution < -0.4 is 5.32 Å². The van der Waals surface area contributed by atoms with Gasteiger partial charge in [-0.3, -0.25) is 10.00 Å². The number of aryl methyl sites for hydroxylation is 1. The smallest absolute Gasteiger partial charge is 0.327 e. The second-order valence-corrected chi connectivity index (χ2v) is 5.99. The minimum Gasteiger partial charge on any atom is -0.465 e. The fraction of sp³-hybridized carbons (Fsp3) is 0.714. The molecule has 0 amide bonds. The fourth-order valence-corrected chi connectivity index (χ4v) is 2.40. The highest BCUT2D eigenvalue weighted by molar-refractivity contribution is 6.31. The predicted octanol–water partition coefficient (Wildman–Crippen LogP) is 2.23. The average Bonchev–Trinajstić information content (AvgIpc) is 3.16. The van der Waals surface area contributed by atoms with E-state index >= 15 is 0 Å². The molecule has 1 saturated carbocycles. The molecule has 1 atom stereocenters. The molecule has 5 nitrogen and oxygen atoms in total. The molecule has 0 radical (unpaired) electrons. The molecule has 0 spiro atoms. The second kappa shape index (κ2) is 5.74. The highest BCUT2D eigenvalue weighted by Gasteiger charge is 2.40. The Morgan fingerprint density at radius 3 is 2.65 bits per heavy atom. The van der Waals surface area contributed by atoms with Gasteiger partial charge in [-0.15, -0.1) is 0 Å². The van der Waals surface area contributed by atoms with Crippen LogP contribution in [0, 0.1) is 13.8 Å². The third-order valence-corrected chi connectivity index (χ3v) is 4.13. The van der Waals surface area contributed by atoms with Gasteiger partial charge < -0.3 is 4.74 Å². The Bertz CT molecular complexity index is 511. The van der Waals surface area contributed by atoms with Crippen LogP contribution in [0.15, 0.2) is 0 Å². The number of aromatic nitrogens is 2. The Hall–Kier alpha value is -1.07. The van der Waals surface area contributed by atoms with E-state index in [0.717, 1.165) is 24.2 Å². The summed E-state index contributed by atoms with van der Waals surface area (Å²) in [5, 5.41) is 8.44. The summed E-state index contributed by atoms with van der Waals surface area (Å²) in [5.41, 5.74) is 0.878. The molecule has 1 aromatic heterocycles. The molecule has 1 unspecified atom stereocenters. The zero-order valence-corrected chi connectivity index (χ0v) is 13.3. The van der Waals surface area contributed by atoms with Crippen LogP contribution in [-0.2, 0) is 16.1 Å². The van der Waals surface area contributed by atoms with Crippen LogP contribution >= 0.6 is 11.6 Å². The van der Waals surface area contributed by atoms with E-state index in [1.165, 1.54) is 0 Å². The van der Waals surface area contributed by atoms with Crippen molar-refractivity contribution in [2.45, 2.75) is 58.7 Å². The molecule has 20 heavy (non-hydrogen) atoms. The molecule has 1 aromatic rings. The quantitative estimate of drug-likeness (QED) is 0.819. The molecular weight excluding hydrogens is 278 g/mol. The predicted molar refractivity (Wildman–Crippen MR) is 77.9 cm³/mol. The van der Waals surface area contributed by atoms with Crippen LogP contribution in [0.5, 0.6) is 0 Å². The lowest BCUT2D eigenvalue weighted by molar-refractivity contribution is -0.151. The van der Waals surface area contributed by atoms with Crippen molar-refractivity contribution < 1.29 is 9.53 Å². The normalized spacial score (nSPS) is 17.9. The zero-order valence-electron chi connectivity index (χ0n) is 12.5. The van der Waals surface area contributed by atoms with Crippen molar-refractivity contribution in [3.8, 4) is 0 Å². The first-order valence-corrected chi connectivity index (χ1v) is 7.39. The fourth-order valence-electron chi connectivity index (χ4n) is 2.27. The summed E-state index contributed by atoms with van der Waals surface area (Å²) >= 11 is 6.17. The first kappa shape index (κ1) is 15.3. The lowest BCUT2D eigenvalue weighted by Crippen LogP contribution is -2.54. The van der Waals surface area contributed by atoms with Gasteiger partial charge in [0.25, 0.3) is 0 Å². The molecule has 1 N–H and O–H groups in total. The van der Waals surface area contributed by atoms with Gasteiger partial charge in [-0.2, -0.15) is 5.10 Å². The summed E-state index contributed by atoms with van der Waals surface area (Å²) in [4.78, 5) is 12.3. The number of carbonyl (C=O) groups excluding carboxylic acids is 1. The van der Waals surface area contributed by atoms with Crippen LogP contribution in [0.1, 0.15) is 38.1 Å². The first-order valence-electron chi connectivity index (χ1n) is 7.02. The van der Waals surface area contributed by atoms with Gasteiger partial charge >= 0.3 is 5.97 Å². The number of halogens is 1. The van der Waals surface area contributed by atoms with Crippen molar-refractivity contribution in [2.75, 3.05) is 6.61 Å². The summed E-state index contributed by atoms with van der Waals surface area (Å²) in [7, 11) is 0. The largest absolute Gasteiger partial charge is 0.465 e. The molecule has 1 aliphatic carbocycles. The third-order valence-electron chi connectivity index (χ3n) is 3.59.